The zero-order valence-corrected chi connectivity index (χ0v) is 12.2. The first-order chi connectivity index (χ1) is 8.89. The van der Waals surface area contributed by atoms with Gasteiger partial charge in [-0.2, -0.15) is 0 Å². The maximum absolute atomic E-state index is 11.8. The molecule has 0 heterocycles. The van der Waals surface area contributed by atoms with E-state index in [0.717, 1.165) is 11.1 Å². The monoisotopic (exact) mass is 274 g/mol. The van der Waals surface area contributed by atoms with Crippen LogP contribution < -0.4 is 0 Å². The first kappa shape index (κ1) is 13.8. The molecule has 2 aromatic rings. The fourth-order valence-corrected chi connectivity index (χ4v) is 2.99. The molecule has 19 heavy (non-hydrogen) atoms. The molecule has 100 valence electrons. The van der Waals surface area contributed by atoms with E-state index < -0.39 is 9.84 Å². The second-order valence-electron chi connectivity index (χ2n) is 5.05. The van der Waals surface area contributed by atoms with E-state index in [2.05, 4.69) is 26.0 Å². The van der Waals surface area contributed by atoms with E-state index in [1.165, 1.54) is 11.8 Å². The van der Waals surface area contributed by atoms with Gasteiger partial charge in [0.15, 0.2) is 9.84 Å². The molecule has 2 nitrogen and oxygen atoms in total. The third-order valence-electron chi connectivity index (χ3n) is 3.17. The summed E-state index contributed by atoms with van der Waals surface area (Å²) >= 11 is 0. The Morgan fingerprint density at radius 1 is 0.895 bits per heavy atom. The van der Waals surface area contributed by atoms with Gasteiger partial charge in [-0.3, -0.25) is 0 Å². The molecule has 0 N–H and O–H groups in total. The van der Waals surface area contributed by atoms with Gasteiger partial charge in [0.05, 0.1) is 4.90 Å². The second kappa shape index (κ2) is 5.17. The Labute approximate surface area is 115 Å². The van der Waals surface area contributed by atoms with Crippen molar-refractivity contribution in [2.24, 2.45) is 0 Å². The minimum atomic E-state index is -3.21. The number of rotatable bonds is 3. The zero-order chi connectivity index (χ0) is 14.0. The van der Waals surface area contributed by atoms with Crippen molar-refractivity contribution in [3.05, 3.63) is 54.1 Å². The Morgan fingerprint density at radius 3 is 2.00 bits per heavy atom. The predicted octanol–water partition coefficient (Wildman–Crippen LogP) is 3.88. The molecule has 0 bridgehead atoms. The summed E-state index contributed by atoms with van der Waals surface area (Å²) in [4.78, 5) is 0.382. The number of hydrogen-bond acceptors (Lipinski definition) is 2. The summed E-state index contributed by atoms with van der Waals surface area (Å²) in [7, 11) is -3.21. The van der Waals surface area contributed by atoms with Gasteiger partial charge in [-0.15, -0.1) is 0 Å². The van der Waals surface area contributed by atoms with Gasteiger partial charge in [0.1, 0.15) is 0 Å². The van der Waals surface area contributed by atoms with E-state index in [-0.39, 0.29) is 0 Å². The average Bonchev–Trinajstić information content (AvgIpc) is 2.38. The molecule has 2 rings (SSSR count). The fraction of sp³-hybridized carbons (Fsp3) is 0.250. The molecule has 0 amide bonds. The van der Waals surface area contributed by atoms with Crippen LogP contribution in [0, 0.1) is 0 Å². The third-order valence-corrected chi connectivity index (χ3v) is 4.33. The maximum atomic E-state index is 11.8. The first-order valence-corrected chi connectivity index (χ1v) is 8.18. The van der Waals surface area contributed by atoms with Gasteiger partial charge >= 0.3 is 0 Å². The Balaban J connectivity index is 2.54. The summed E-state index contributed by atoms with van der Waals surface area (Å²) < 4.78 is 23.6. The highest BCUT2D eigenvalue weighted by Crippen LogP contribution is 2.28. The van der Waals surface area contributed by atoms with E-state index in [0.29, 0.717) is 10.8 Å². The highest BCUT2D eigenvalue weighted by molar-refractivity contribution is 7.90. The second-order valence-corrected chi connectivity index (χ2v) is 7.03. The molecule has 0 saturated heterocycles. The average molecular weight is 274 g/mol. The van der Waals surface area contributed by atoms with Crippen LogP contribution in [0.5, 0.6) is 0 Å². The first-order valence-electron chi connectivity index (χ1n) is 6.29. The Bertz CT molecular complexity index is 668. The summed E-state index contributed by atoms with van der Waals surface area (Å²) in [5.41, 5.74) is 2.95. The van der Waals surface area contributed by atoms with Crippen LogP contribution in [-0.4, -0.2) is 14.7 Å². The van der Waals surface area contributed by atoms with Crippen molar-refractivity contribution in [1.29, 1.82) is 0 Å². The molecule has 0 aromatic heterocycles. The molecule has 0 spiro atoms. The Hall–Kier alpha value is -1.61. The predicted molar refractivity (Wildman–Crippen MR) is 79.1 cm³/mol. The summed E-state index contributed by atoms with van der Waals surface area (Å²) in [6.45, 7) is 4.28. The van der Waals surface area contributed by atoms with Crippen molar-refractivity contribution in [3.63, 3.8) is 0 Å². The van der Waals surface area contributed by atoms with E-state index in [9.17, 15) is 8.42 Å². The molecule has 0 unspecified atom stereocenters. The van der Waals surface area contributed by atoms with E-state index in [1.807, 2.05) is 24.3 Å². The van der Waals surface area contributed by atoms with Gasteiger partial charge in [-0.1, -0.05) is 56.3 Å². The Morgan fingerprint density at radius 2 is 1.47 bits per heavy atom. The van der Waals surface area contributed by atoms with Gasteiger partial charge in [0.25, 0.3) is 0 Å². The standard InChI is InChI=1S/C16H18O2S/c1-12(2)13-8-10-14(11-9-13)15-6-4-5-7-16(15)19(3,17)18/h4-12H,1-3H3. The molecule has 0 atom stereocenters. The number of benzene rings is 2. The van der Waals surface area contributed by atoms with Gasteiger partial charge in [0, 0.05) is 11.8 Å². The van der Waals surface area contributed by atoms with Gasteiger partial charge in [-0.05, 0) is 23.1 Å². The molecular formula is C16H18O2S. The molecule has 2 aromatic carbocycles. The van der Waals surface area contributed by atoms with Gasteiger partial charge in [-0.25, -0.2) is 8.42 Å². The largest absolute Gasteiger partial charge is 0.224 e. The van der Waals surface area contributed by atoms with Crippen molar-refractivity contribution in [2.75, 3.05) is 6.26 Å². The number of sulfone groups is 1. The topological polar surface area (TPSA) is 34.1 Å². The zero-order valence-electron chi connectivity index (χ0n) is 11.4. The van der Waals surface area contributed by atoms with Crippen LogP contribution in [0.4, 0.5) is 0 Å². The molecular weight excluding hydrogens is 256 g/mol. The highest BCUT2D eigenvalue weighted by Gasteiger charge is 2.13. The van der Waals surface area contributed by atoms with E-state index in [4.69, 9.17) is 0 Å². The van der Waals surface area contributed by atoms with Crippen LogP contribution in [0.1, 0.15) is 25.3 Å². The molecule has 0 aliphatic carbocycles. The lowest BCUT2D eigenvalue weighted by Crippen LogP contribution is -1.99. The molecule has 0 aliphatic heterocycles. The quantitative estimate of drug-likeness (QED) is 0.851. The van der Waals surface area contributed by atoms with Crippen LogP contribution in [-0.2, 0) is 9.84 Å². The molecule has 0 fully saturated rings. The van der Waals surface area contributed by atoms with E-state index >= 15 is 0 Å². The van der Waals surface area contributed by atoms with Gasteiger partial charge < -0.3 is 0 Å². The lowest BCUT2D eigenvalue weighted by molar-refractivity contribution is 0.602. The summed E-state index contributed by atoms with van der Waals surface area (Å²) in [6, 6.07) is 15.2. The molecule has 3 heteroatoms. The van der Waals surface area contributed by atoms with E-state index in [1.54, 1.807) is 12.1 Å². The van der Waals surface area contributed by atoms with Crippen molar-refractivity contribution in [3.8, 4) is 11.1 Å². The van der Waals surface area contributed by atoms with Crippen LogP contribution in [0.2, 0.25) is 0 Å². The summed E-state index contributed by atoms with van der Waals surface area (Å²) in [5, 5.41) is 0. The summed E-state index contributed by atoms with van der Waals surface area (Å²) in [6.07, 6.45) is 1.24. The minimum absolute atomic E-state index is 0.382. The SMILES string of the molecule is CC(C)c1ccc(-c2ccccc2S(C)(=O)=O)cc1. The van der Waals surface area contributed by atoms with Crippen LogP contribution in [0.15, 0.2) is 53.4 Å². The lowest BCUT2D eigenvalue weighted by Gasteiger charge is -2.10. The van der Waals surface area contributed by atoms with Crippen molar-refractivity contribution in [1.82, 2.24) is 0 Å². The molecule has 0 aliphatic rings. The normalized spacial score (nSPS) is 11.8. The Kier molecular flexibility index (Phi) is 3.76. The van der Waals surface area contributed by atoms with Crippen LogP contribution in [0.3, 0.4) is 0 Å². The summed E-state index contributed by atoms with van der Waals surface area (Å²) in [5.74, 6) is 0.471. The third kappa shape index (κ3) is 3.04. The fourth-order valence-electron chi connectivity index (χ4n) is 2.08. The minimum Gasteiger partial charge on any atom is -0.224 e. The highest BCUT2D eigenvalue weighted by atomic mass is 32.2. The molecule has 0 radical (unpaired) electrons. The van der Waals surface area contributed by atoms with Crippen LogP contribution in [0.25, 0.3) is 11.1 Å². The maximum Gasteiger partial charge on any atom is 0.176 e. The number of hydrogen-bond donors (Lipinski definition) is 0. The van der Waals surface area contributed by atoms with Crippen molar-refractivity contribution >= 4 is 9.84 Å². The smallest absolute Gasteiger partial charge is 0.176 e. The van der Waals surface area contributed by atoms with Crippen molar-refractivity contribution < 1.29 is 8.42 Å². The van der Waals surface area contributed by atoms with Crippen LogP contribution >= 0.6 is 0 Å². The lowest BCUT2D eigenvalue weighted by atomic mass is 9.99. The van der Waals surface area contributed by atoms with Gasteiger partial charge in [0.2, 0.25) is 0 Å². The molecule has 0 saturated carbocycles. The van der Waals surface area contributed by atoms with Crippen molar-refractivity contribution in [2.45, 2.75) is 24.7 Å².